The van der Waals surface area contributed by atoms with Crippen molar-refractivity contribution in [2.75, 3.05) is 17.2 Å². The van der Waals surface area contributed by atoms with Gasteiger partial charge in [0, 0.05) is 11.8 Å². The average Bonchev–Trinajstić information content (AvgIpc) is 2.51. The van der Waals surface area contributed by atoms with Crippen molar-refractivity contribution < 1.29 is 23.1 Å². The van der Waals surface area contributed by atoms with Crippen LogP contribution in [0.25, 0.3) is 0 Å². The second-order valence-electron chi connectivity index (χ2n) is 4.47. The highest BCUT2D eigenvalue weighted by atomic mass is 19.2. The largest absolute Gasteiger partial charge is 0.462 e. The van der Waals surface area contributed by atoms with Gasteiger partial charge in [-0.25, -0.2) is 18.4 Å². The summed E-state index contributed by atoms with van der Waals surface area (Å²) in [6, 6.07) is 8.56. The van der Waals surface area contributed by atoms with E-state index in [9.17, 15) is 18.4 Å². The number of anilines is 2. The van der Waals surface area contributed by atoms with Gasteiger partial charge in [0.05, 0.1) is 17.9 Å². The number of carbonyl (C=O) groups excluding carboxylic acids is 2. The van der Waals surface area contributed by atoms with E-state index in [0.29, 0.717) is 0 Å². The van der Waals surface area contributed by atoms with E-state index in [-0.39, 0.29) is 23.5 Å². The number of para-hydroxylation sites is 1. The van der Waals surface area contributed by atoms with E-state index in [1.807, 2.05) is 0 Å². The maximum atomic E-state index is 13.1. The molecule has 0 fully saturated rings. The van der Waals surface area contributed by atoms with Crippen LogP contribution in [0.2, 0.25) is 0 Å². The molecule has 0 unspecified atom stereocenters. The lowest BCUT2D eigenvalue weighted by atomic mass is 10.2. The molecule has 0 aromatic heterocycles. The fourth-order valence-electron chi connectivity index (χ4n) is 1.84. The van der Waals surface area contributed by atoms with Crippen molar-refractivity contribution in [2.45, 2.75) is 6.92 Å². The van der Waals surface area contributed by atoms with Gasteiger partial charge in [0.15, 0.2) is 11.6 Å². The van der Waals surface area contributed by atoms with Crippen LogP contribution in [-0.2, 0) is 4.74 Å². The number of hydrogen-bond acceptors (Lipinski definition) is 3. The van der Waals surface area contributed by atoms with E-state index in [1.54, 1.807) is 19.1 Å². The minimum Gasteiger partial charge on any atom is -0.462 e. The predicted molar refractivity (Wildman–Crippen MR) is 81.4 cm³/mol. The first kappa shape index (κ1) is 16.4. The average molecular weight is 320 g/mol. The Morgan fingerprint density at radius 2 is 1.78 bits per heavy atom. The van der Waals surface area contributed by atoms with Gasteiger partial charge in [0.2, 0.25) is 0 Å². The van der Waals surface area contributed by atoms with Gasteiger partial charge >= 0.3 is 12.0 Å². The molecule has 2 amide bonds. The number of nitrogens with one attached hydrogen (secondary N) is 2. The number of carbonyl (C=O) groups is 2. The SMILES string of the molecule is CCOC(=O)c1ccccc1NC(=O)Nc1ccc(F)c(F)c1. The van der Waals surface area contributed by atoms with Gasteiger partial charge in [-0.05, 0) is 31.2 Å². The van der Waals surface area contributed by atoms with Crippen LogP contribution in [0.3, 0.4) is 0 Å². The number of esters is 1. The zero-order valence-electron chi connectivity index (χ0n) is 12.2. The van der Waals surface area contributed by atoms with Gasteiger partial charge < -0.3 is 15.4 Å². The lowest BCUT2D eigenvalue weighted by Crippen LogP contribution is -2.21. The minimum absolute atomic E-state index is 0.0787. The van der Waals surface area contributed by atoms with Gasteiger partial charge in [-0.3, -0.25) is 0 Å². The first-order valence-electron chi connectivity index (χ1n) is 6.80. The Morgan fingerprint density at radius 1 is 1.04 bits per heavy atom. The first-order chi connectivity index (χ1) is 11.0. The van der Waals surface area contributed by atoms with Crippen molar-refractivity contribution in [2.24, 2.45) is 0 Å². The number of amides is 2. The highest BCUT2D eigenvalue weighted by Gasteiger charge is 2.14. The molecule has 0 atom stereocenters. The van der Waals surface area contributed by atoms with Gasteiger partial charge in [-0.1, -0.05) is 12.1 Å². The van der Waals surface area contributed by atoms with Crippen LogP contribution in [0.15, 0.2) is 42.5 Å². The van der Waals surface area contributed by atoms with Gasteiger partial charge in [-0.15, -0.1) is 0 Å². The molecule has 0 aliphatic rings. The van der Waals surface area contributed by atoms with Crippen molar-refractivity contribution >= 4 is 23.4 Å². The fourth-order valence-corrected chi connectivity index (χ4v) is 1.84. The fraction of sp³-hybridized carbons (Fsp3) is 0.125. The highest BCUT2D eigenvalue weighted by molar-refractivity contribution is 6.05. The molecule has 5 nitrogen and oxygen atoms in total. The maximum Gasteiger partial charge on any atom is 0.340 e. The maximum absolute atomic E-state index is 13.1. The van der Waals surface area contributed by atoms with E-state index in [0.717, 1.165) is 12.1 Å². The van der Waals surface area contributed by atoms with E-state index in [2.05, 4.69) is 10.6 Å². The molecule has 0 heterocycles. The highest BCUT2D eigenvalue weighted by Crippen LogP contribution is 2.18. The topological polar surface area (TPSA) is 67.4 Å². The number of ether oxygens (including phenoxy) is 1. The number of rotatable bonds is 4. The molecule has 2 aromatic rings. The molecule has 0 radical (unpaired) electrons. The Kier molecular flexibility index (Phi) is 5.24. The molecule has 0 saturated heterocycles. The van der Waals surface area contributed by atoms with Crippen molar-refractivity contribution in [1.29, 1.82) is 0 Å². The normalized spacial score (nSPS) is 10.0. The third-order valence-electron chi connectivity index (χ3n) is 2.85. The molecule has 0 saturated carbocycles. The van der Waals surface area contributed by atoms with Crippen molar-refractivity contribution in [1.82, 2.24) is 0 Å². The number of hydrogen-bond donors (Lipinski definition) is 2. The summed E-state index contributed by atoms with van der Waals surface area (Å²) >= 11 is 0. The van der Waals surface area contributed by atoms with E-state index in [1.165, 1.54) is 18.2 Å². The summed E-state index contributed by atoms with van der Waals surface area (Å²) in [4.78, 5) is 23.7. The van der Waals surface area contributed by atoms with Crippen LogP contribution in [0.1, 0.15) is 17.3 Å². The molecule has 7 heteroatoms. The molecule has 0 bridgehead atoms. The lowest BCUT2D eigenvalue weighted by molar-refractivity contribution is 0.0527. The third kappa shape index (κ3) is 4.26. The number of benzene rings is 2. The summed E-state index contributed by atoms with van der Waals surface area (Å²) in [5, 5.41) is 4.81. The summed E-state index contributed by atoms with van der Waals surface area (Å²) in [6.45, 7) is 1.87. The summed E-state index contributed by atoms with van der Waals surface area (Å²) in [5.41, 5.74) is 0.510. The molecule has 120 valence electrons. The summed E-state index contributed by atoms with van der Waals surface area (Å²) < 4.78 is 30.8. The molecular weight excluding hydrogens is 306 g/mol. The minimum atomic E-state index is -1.07. The Hall–Kier alpha value is -2.96. The molecule has 0 aliphatic heterocycles. The monoisotopic (exact) mass is 320 g/mol. The predicted octanol–water partition coefficient (Wildman–Crippen LogP) is 3.79. The van der Waals surface area contributed by atoms with Crippen LogP contribution in [0.4, 0.5) is 25.0 Å². The van der Waals surface area contributed by atoms with Gasteiger partial charge in [0.1, 0.15) is 0 Å². The van der Waals surface area contributed by atoms with E-state index < -0.39 is 23.6 Å². The van der Waals surface area contributed by atoms with E-state index in [4.69, 9.17) is 4.74 Å². The zero-order valence-corrected chi connectivity index (χ0v) is 12.2. The molecule has 2 rings (SSSR count). The van der Waals surface area contributed by atoms with Crippen LogP contribution < -0.4 is 10.6 Å². The van der Waals surface area contributed by atoms with Crippen LogP contribution in [0.5, 0.6) is 0 Å². The van der Waals surface area contributed by atoms with E-state index >= 15 is 0 Å². The number of halogens is 2. The third-order valence-corrected chi connectivity index (χ3v) is 2.85. The Bertz CT molecular complexity index is 735. The molecule has 0 spiro atoms. The standard InChI is InChI=1S/C16H14F2N2O3/c1-2-23-15(21)11-5-3-4-6-14(11)20-16(22)19-10-7-8-12(17)13(18)9-10/h3-9H,2H2,1H3,(H2,19,20,22). The smallest absolute Gasteiger partial charge is 0.340 e. The van der Waals surface area contributed by atoms with Crippen molar-refractivity contribution in [3.8, 4) is 0 Å². The Morgan fingerprint density at radius 3 is 2.48 bits per heavy atom. The molecule has 23 heavy (non-hydrogen) atoms. The van der Waals surface area contributed by atoms with Gasteiger partial charge in [0.25, 0.3) is 0 Å². The van der Waals surface area contributed by atoms with Crippen molar-refractivity contribution in [3.05, 3.63) is 59.7 Å². The Balaban J connectivity index is 2.11. The van der Waals surface area contributed by atoms with Crippen LogP contribution in [-0.4, -0.2) is 18.6 Å². The second-order valence-corrected chi connectivity index (χ2v) is 4.47. The number of urea groups is 1. The first-order valence-corrected chi connectivity index (χ1v) is 6.80. The zero-order chi connectivity index (χ0) is 16.8. The van der Waals surface area contributed by atoms with Crippen LogP contribution >= 0.6 is 0 Å². The quantitative estimate of drug-likeness (QED) is 0.842. The van der Waals surface area contributed by atoms with Crippen LogP contribution in [0, 0.1) is 11.6 Å². The molecule has 0 aliphatic carbocycles. The molecule has 2 aromatic carbocycles. The Labute approximate surface area is 131 Å². The summed E-state index contributed by atoms with van der Waals surface area (Å²) in [5.74, 6) is -2.66. The van der Waals surface area contributed by atoms with Crippen molar-refractivity contribution in [3.63, 3.8) is 0 Å². The summed E-state index contributed by atoms with van der Waals surface area (Å²) in [6.07, 6.45) is 0. The lowest BCUT2D eigenvalue weighted by Gasteiger charge is -2.11. The van der Waals surface area contributed by atoms with Gasteiger partial charge in [-0.2, -0.15) is 0 Å². The molecular formula is C16H14F2N2O3. The second kappa shape index (κ2) is 7.35. The summed E-state index contributed by atoms with van der Waals surface area (Å²) in [7, 11) is 0. The molecule has 2 N–H and O–H groups in total.